The third-order valence-corrected chi connectivity index (χ3v) is 7.44. The number of hydrogen-bond acceptors (Lipinski definition) is 5. The lowest BCUT2D eigenvalue weighted by Gasteiger charge is -2.22. The summed E-state index contributed by atoms with van der Waals surface area (Å²) >= 11 is 1.66. The highest BCUT2D eigenvalue weighted by molar-refractivity contribution is 7.19. The minimum absolute atomic E-state index is 0.0221. The quantitative estimate of drug-likeness (QED) is 0.354. The van der Waals surface area contributed by atoms with Gasteiger partial charge in [0.1, 0.15) is 5.78 Å². The van der Waals surface area contributed by atoms with E-state index in [4.69, 9.17) is 5.11 Å². The molecule has 2 aromatic rings. The number of benzene rings is 1. The zero-order chi connectivity index (χ0) is 23.3. The summed E-state index contributed by atoms with van der Waals surface area (Å²) in [7, 11) is 0. The molecule has 0 amide bonds. The van der Waals surface area contributed by atoms with E-state index in [0.717, 1.165) is 10.3 Å². The van der Waals surface area contributed by atoms with Gasteiger partial charge in [-0.25, -0.2) is 0 Å². The first-order chi connectivity index (χ1) is 15.2. The van der Waals surface area contributed by atoms with Crippen LogP contribution >= 0.6 is 11.3 Å². The number of unbranched alkanes of at least 4 members (excludes halogenated alkanes) is 1. The minimum Gasteiger partial charge on any atom is -0.481 e. The van der Waals surface area contributed by atoms with Crippen LogP contribution in [0.5, 0.6) is 0 Å². The molecule has 32 heavy (non-hydrogen) atoms. The third kappa shape index (κ3) is 5.74. The Morgan fingerprint density at radius 3 is 2.72 bits per heavy atom. The molecular weight excluding hydrogens is 424 g/mol. The Labute approximate surface area is 193 Å². The van der Waals surface area contributed by atoms with E-state index in [2.05, 4.69) is 18.2 Å². The third-order valence-electron chi connectivity index (χ3n) is 6.30. The van der Waals surface area contributed by atoms with Gasteiger partial charge in [-0.05, 0) is 36.8 Å². The Bertz CT molecular complexity index is 970. The lowest BCUT2D eigenvalue weighted by atomic mass is 9.86. The molecule has 1 fully saturated rings. The maximum Gasteiger partial charge on any atom is 0.303 e. The average Bonchev–Trinajstić information content (AvgIpc) is 3.21. The van der Waals surface area contributed by atoms with E-state index >= 15 is 0 Å². The molecule has 1 aliphatic rings. The number of Topliss-reactive ketones (excluding diaryl/α,β-unsaturated/α-hetero) is 1. The minimum atomic E-state index is -0.840. The van der Waals surface area contributed by atoms with E-state index in [0.29, 0.717) is 25.7 Å². The summed E-state index contributed by atoms with van der Waals surface area (Å²) in [5.74, 6) is -1.51. The first-order valence-electron chi connectivity index (χ1n) is 11.1. The monoisotopic (exact) mass is 456 g/mol. The smallest absolute Gasteiger partial charge is 0.303 e. The van der Waals surface area contributed by atoms with Crippen LogP contribution in [0.3, 0.4) is 0 Å². The first kappa shape index (κ1) is 24.4. The number of thiophene rings is 1. The fourth-order valence-electron chi connectivity index (χ4n) is 4.40. The number of aliphatic hydroxyl groups is 2. The van der Waals surface area contributed by atoms with Crippen LogP contribution in [0.15, 0.2) is 54.6 Å². The highest BCUT2D eigenvalue weighted by atomic mass is 32.1. The number of carboxylic acids is 1. The van der Waals surface area contributed by atoms with Gasteiger partial charge in [0.15, 0.2) is 0 Å². The molecule has 0 aliphatic heterocycles. The van der Waals surface area contributed by atoms with Crippen molar-refractivity contribution >= 4 is 33.2 Å². The number of ketones is 1. The van der Waals surface area contributed by atoms with E-state index < -0.39 is 23.6 Å². The zero-order valence-corrected chi connectivity index (χ0v) is 19.4. The molecule has 5 nitrogen and oxygen atoms in total. The first-order valence-corrected chi connectivity index (χ1v) is 11.9. The highest BCUT2D eigenvalue weighted by Gasteiger charge is 2.52. The van der Waals surface area contributed by atoms with E-state index in [1.807, 2.05) is 24.3 Å². The number of carbonyl (C=O) groups is 2. The molecule has 3 N–H and O–H groups in total. The molecule has 0 spiro atoms. The van der Waals surface area contributed by atoms with Crippen LogP contribution in [0, 0.1) is 17.3 Å². The van der Waals surface area contributed by atoms with Crippen molar-refractivity contribution < 1.29 is 24.9 Å². The fraction of sp³-hybridized carbons (Fsp3) is 0.462. The molecule has 1 aromatic carbocycles. The zero-order valence-electron chi connectivity index (χ0n) is 18.6. The average molecular weight is 457 g/mol. The van der Waals surface area contributed by atoms with Crippen molar-refractivity contribution in [1.29, 1.82) is 0 Å². The number of carbonyl (C=O) groups excluding carboxylic acids is 1. The Hall–Kier alpha value is -2.28. The summed E-state index contributed by atoms with van der Waals surface area (Å²) in [6.45, 7) is 3.54. The van der Waals surface area contributed by atoms with Crippen LogP contribution < -0.4 is 0 Å². The molecule has 0 radical (unpaired) electrons. The number of rotatable bonds is 10. The standard InChI is InChI=1S/C26H32O5S/c1-26(2)24(30)20(10-5-3-4-6-12-23(28)29)21(25(26)31)14-13-18(27)16-19-15-17-9-7-8-11-22(17)32-19/h3,5,7-9,11,13-15,18,20-21,25,27,31H,4,6,10,12,16H2,1-2H3,(H,28,29)/b5-3-,14-13+/t18?,20-,21?,25+/m1/s1. The SMILES string of the molecule is CC1(C)C(=O)[C@H](C/C=C\CCCC(=O)O)C(/C=C/C(O)Cc2cc3ccccc3s2)[C@@H]1O. The normalized spacial score (nSPS) is 24.1. The summed E-state index contributed by atoms with van der Waals surface area (Å²) < 4.78 is 1.19. The van der Waals surface area contributed by atoms with Gasteiger partial charge in [-0.15, -0.1) is 11.3 Å². The van der Waals surface area contributed by atoms with Crippen molar-refractivity contribution in [2.24, 2.45) is 17.3 Å². The molecular formula is C26H32O5S. The van der Waals surface area contributed by atoms with Crippen molar-refractivity contribution in [2.45, 2.75) is 58.2 Å². The second kappa shape index (κ2) is 10.6. The predicted molar refractivity (Wildman–Crippen MR) is 128 cm³/mol. The van der Waals surface area contributed by atoms with Crippen molar-refractivity contribution in [2.75, 3.05) is 0 Å². The van der Waals surface area contributed by atoms with E-state index in [-0.39, 0.29) is 24.0 Å². The lowest BCUT2D eigenvalue weighted by molar-refractivity contribution is -0.137. The number of aliphatic hydroxyl groups excluding tert-OH is 2. The maximum atomic E-state index is 12.9. The largest absolute Gasteiger partial charge is 0.481 e. The van der Waals surface area contributed by atoms with Crippen molar-refractivity contribution in [3.63, 3.8) is 0 Å². The van der Waals surface area contributed by atoms with Gasteiger partial charge in [0.2, 0.25) is 0 Å². The predicted octanol–water partition coefficient (Wildman–Crippen LogP) is 4.76. The molecule has 1 heterocycles. The lowest BCUT2D eigenvalue weighted by Crippen LogP contribution is -2.31. The molecule has 172 valence electrons. The van der Waals surface area contributed by atoms with E-state index in [1.165, 1.54) is 4.70 Å². The molecule has 4 atom stereocenters. The second-order valence-corrected chi connectivity index (χ2v) is 10.3. The summed E-state index contributed by atoms with van der Waals surface area (Å²) in [6.07, 6.45) is 8.14. The number of carboxylic acid groups (broad SMARTS) is 1. The summed E-state index contributed by atoms with van der Waals surface area (Å²) in [6, 6.07) is 10.2. The molecule has 2 unspecified atom stereocenters. The Kier molecular flexibility index (Phi) is 8.04. The van der Waals surface area contributed by atoms with Crippen LogP contribution in [-0.2, 0) is 16.0 Å². The van der Waals surface area contributed by atoms with Gasteiger partial charge in [0.25, 0.3) is 0 Å². The molecule has 1 saturated carbocycles. The van der Waals surface area contributed by atoms with Crippen molar-refractivity contribution in [3.05, 3.63) is 59.5 Å². The molecule has 3 rings (SSSR count). The van der Waals surface area contributed by atoms with Crippen LogP contribution in [0.1, 0.15) is 44.4 Å². The van der Waals surface area contributed by atoms with Gasteiger partial charge in [0.05, 0.1) is 17.6 Å². The molecule has 0 bridgehead atoms. The van der Waals surface area contributed by atoms with Gasteiger partial charge in [-0.1, -0.05) is 56.4 Å². The maximum absolute atomic E-state index is 12.9. The fourth-order valence-corrected chi connectivity index (χ4v) is 5.52. The van der Waals surface area contributed by atoms with Crippen LogP contribution in [0.25, 0.3) is 10.1 Å². The van der Waals surface area contributed by atoms with Crippen LogP contribution in [0.2, 0.25) is 0 Å². The number of fused-ring (bicyclic) bond motifs is 1. The molecule has 1 aliphatic carbocycles. The van der Waals surface area contributed by atoms with Gasteiger partial charge >= 0.3 is 5.97 Å². The van der Waals surface area contributed by atoms with E-state index in [1.54, 1.807) is 37.3 Å². The molecule has 1 aromatic heterocycles. The van der Waals surface area contributed by atoms with Gasteiger partial charge in [-0.3, -0.25) is 9.59 Å². The van der Waals surface area contributed by atoms with Crippen molar-refractivity contribution in [1.82, 2.24) is 0 Å². The number of hydrogen-bond donors (Lipinski definition) is 3. The van der Waals surface area contributed by atoms with Crippen LogP contribution in [0.4, 0.5) is 0 Å². The van der Waals surface area contributed by atoms with Crippen molar-refractivity contribution in [3.8, 4) is 0 Å². The van der Waals surface area contributed by atoms with Gasteiger partial charge in [-0.2, -0.15) is 0 Å². The highest BCUT2D eigenvalue weighted by Crippen LogP contribution is 2.44. The summed E-state index contributed by atoms with van der Waals surface area (Å²) in [5.41, 5.74) is -0.840. The van der Waals surface area contributed by atoms with Gasteiger partial charge in [0, 0.05) is 34.3 Å². The molecule has 6 heteroatoms. The Morgan fingerprint density at radius 2 is 2.00 bits per heavy atom. The molecule has 0 saturated heterocycles. The Balaban J connectivity index is 1.64. The summed E-state index contributed by atoms with van der Waals surface area (Å²) in [5, 5.41) is 31.3. The van der Waals surface area contributed by atoms with E-state index in [9.17, 15) is 19.8 Å². The van der Waals surface area contributed by atoms with Crippen LogP contribution in [-0.4, -0.2) is 39.3 Å². The second-order valence-electron chi connectivity index (χ2n) is 9.11. The topological polar surface area (TPSA) is 94.8 Å². The van der Waals surface area contributed by atoms with Gasteiger partial charge < -0.3 is 15.3 Å². The summed E-state index contributed by atoms with van der Waals surface area (Å²) in [4.78, 5) is 24.6. The number of allylic oxidation sites excluding steroid dienone is 2. The number of aliphatic carboxylic acids is 1. The Morgan fingerprint density at radius 1 is 1.25 bits per heavy atom.